The molecule has 0 aliphatic rings. The third kappa shape index (κ3) is 4.79. The fourth-order valence-corrected chi connectivity index (χ4v) is 2.22. The molecule has 4 nitrogen and oxygen atoms in total. The van der Waals surface area contributed by atoms with Crippen LogP contribution in [0.2, 0.25) is 0 Å². The number of anilines is 2. The Morgan fingerprint density at radius 2 is 1.78 bits per heavy atom. The first-order valence-corrected chi connectivity index (χ1v) is 7.82. The van der Waals surface area contributed by atoms with Crippen LogP contribution >= 0.6 is 12.2 Å². The van der Waals surface area contributed by atoms with E-state index >= 15 is 0 Å². The van der Waals surface area contributed by atoms with Crippen molar-refractivity contribution < 1.29 is 0 Å². The Morgan fingerprint density at radius 3 is 2.43 bits per heavy atom. The smallest absolute Gasteiger partial charge is 0.191 e. The molecule has 0 fully saturated rings. The number of benzene rings is 2. The molecule has 2 aromatic carbocycles. The summed E-state index contributed by atoms with van der Waals surface area (Å²) in [6, 6.07) is 14.2. The largest absolute Gasteiger partial charge is 0.378 e. The zero-order valence-corrected chi connectivity index (χ0v) is 14.7. The minimum Gasteiger partial charge on any atom is -0.378 e. The summed E-state index contributed by atoms with van der Waals surface area (Å²) in [5.74, 6) is 0. The zero-order chi connectivity index (χ0) is 16.8. The Morgan fingerprint density at radius 1 is 1.09 bits per heavy atom. The second-order valence-corrected chi connectivity index (χ2v) is 5.97. The first-order chi connectivity index (χ1) is 11.0. The number of rotatable bonds is 4. The monoisotopic (exact) mass is 326 g/mol. The summed E-state index contributed by atoms with van der Waals surface area (Å²) >= 11 is 5.27. The number of hydrazone groups is 1. The average molecular weight is 326 g/mol. The lowest BCUT2D eigenvalue weighted by Crippen LogP contribution is -2.24. The number of nitrogens with one attached hydrogen (secondary N) is 2. The molecule has 2 aromatic rings. The highest BCUT2D eigenvalue weighted by atomic mass is 32.1. The van der Waals surface area contributed by atoms with Crippen LogP contribution in [0.5, 0.6) is 0 Å². The van der Waals surface area contributed by atoms with Gasteiger partial charge in [0.05, 0.1) is 6.21 Å². The molecule has 0 amide bonds. The predicted molar refractivity (Wildman–Crippen MR) is 104 cm³/mol. The van der Waals surface area contributed by atoms with Gasteiger partial charge in [-0.05, 0) is 61.0 Å². The van der Waals surface area contributed by atoms with Gasteiger partial charge in [-0.3, -0.25) is 5.43 Å². The van der Waals surface area contributed by atoms with E-state index < -0.39 is 0 Å². The van der Waals surface area contributed by atoms with Crippen LogP contribution in [0.25, 0.3) is 0 Å². The molecule has 0 heterocycles. The molecular formula is C18H22N4S. The molecule has 0 atom stereocenters. The Balaban J connectivity index is 1.92. The highest BCUT2D eigenvalue weighted by Gasteiger charge is 2.02. The highest BCUT2D eigenvalue weighted by Crippen LogP contribution is 2.17. The van der Waals surface area contributed by atoms with Gasteiger partial charge in [0.2, 0.25) is 0 Å². The fourth-order valence-electron chi connectivity index (χ4n) is 2.06. The lowest BCUT2D eigenvalue weighted by atomic mass is 10.1. The fraction of sp³-hybridized carbons (Fsp3) is 0.222. The van der Waals surface area contributed by atoms with Crippen molar-refractivity contribution in [2.24, 2.45) is 5.10 Å². The van der Waals surface area contributed by atoms with Crippen LogP contribution in [-0.4, -0.2) is 25.4 Å². The van der Waals surface area contributed by atoms with Gasteiger partial charge in [-0.2, -0.15) is 5.10 Å². The van der Waals surface area contributed by atoms with E-state index in [9.17, 15) is 0 Å². The minimum atomic E-state index is 0.472. The molecule has 0 spiro atoms. The van der Waals surface area contributed by atoms with E-state index in [2.05, 4.69) is 40.7 Å². The topological polar surface area (TPSA) is 39.7 Å². The molecule has 5 heteroatoms. The molecule has 0 bridgehead atoms. The molecule has 0 saturated carbocycles. The van der Waals surface area contributed by atoms with Gasteiger partial charge in [0, 0.05) is 25.5 Å². The van der Waals surface area contributed by atoms with Crippen molar-refractivity contribution in [2.45, 2.75) is 13.8 Å². The Kier molecular flexibility index (Phi) is 5.71. The van der Waals surface area contributed by atoms with Crippen molar-refractivity contribution in [3.8, 4) is 0 Å². The van der Waals surface area contributed by atoms with Crippen LogP contribution in [0, 0.1) is 13.8 Å². The van der Waals surface area contributed by atoms with Gasteiger partial charge >= 0.3 is 0 Å². The third-order valence-corrected chi connectivity index (χ3v) is 3.84. The summed E-state index contributed by atoms with van der Waals surface area (Å²) in [7, 11) is 4.03. The van der Waals surface area contributed by atoms with Crippen molar-refractivity contribution in [2.75, 3.05) is 24.3 Å². The first kappa shape index (κ1) is 17.0. The van der Waals surface area contributed by atoms with Gasteiger partial charge in [0.15, 0.2) is 5.11 Å². The predicted octanol–water partition coefficient (Wildman–Crippen LogP) is 3.69. The van der Waals surface area contributed by atoms with Gasteiger partial charge in [0.1, 0.15) is 0 Å². The summed E-state index contributed by atoms with van der Waals surface area (Å²) in [4.78, 5) is 2.06. The summed E-state index contributed by atoms with van der Waals surface area (Å²) in [5, 5.41) is 7.81. The van der Waals surface area contributed by atoms with Crippen LogP contribution in [0.15, 0.2) is 47.6 Å². The standard InChI is InChI=1S/C18H22N4S/c1-13-6-5-7-17(14(13)2)20-18(23)21-19-12-15-8-10-16(11-9-15)22(3)4/h5-12H,1-4H3,(H2,20,21,23)/b19-12-. The maximum atomic E-state index is 5.27. The molecule has 0 radical (unpaired) electrons. The summed E-state index contributed by atoms with van der Waals surface area (Å²) in [5.41, 5.74) is 8.41. The Labute approximate surface area is 143 Å². The molecule has 0 aromatic heterocycles. The lowest BCUT2D eigenvalue weighted by Gasteiger charge is -2.12. The van der Waals surface area contributed by atoms with E-state index in [0.717, 1.165) is 16.9 Å². The van der Waals surface area contributed by atoms with Gasteiger partial charge in [-0.25, -0.2) is 0 Å². The van der Waals surface area contributed by atoms with Crippen molar-refractivity contribution >= 4 is 34.9 Å². The molecule has 23 heavy (non-hydrogen) atoms. The summed E-state index contributed by atoms with van der Waals surface area (Å²) in [6.07, 6.45) is 1.75. The highest BCUT2D eigenvalue weighted by molar-refractivity contribution is 7.80. The number of thiocarbonyl (C=S) groups is 1. The van der Waals surface area contributed by atoms with E-state index in [1.54, 1.807) is 6.21 Å². The lowest BCUT2D eigenvalue weighted by molar-refractivity contribution is 1.05. The van der Waals surface area contributed by atoms with Gasteiger partial charge in [0.25, 0.3) is 0 Å². The molecular weight excluding hydrogens is 304 g/mol. The maximum Gasteiger partial charge on any atom is 0.191 e. The van der Waals surface area contributed by atoms with E-state index in [-0.39, 0.29) is 0 Å². The second-order valence-electron chi connectivity index (χ2n) is 5.56. The molecule has 0 aliphatic heterocycles. The van der Waals surface area contributed by atoms with Crippen LogP contribution in [0.1, 0.15) is 16.7 Å². The van der Waals surface area contributed by atoms with Crippen molar-refractivity contribution in [1.82, 2.24) is 5.43 Å². The SMILES string of the molecule is Cc1cccc(NC(=S)N/N=C\c2ccc(N(C)C)cc2)c1C. The molecule has 0 unspecified atom stereocenters. The molecule has 0 saturated heterocycles. The van der Waals surface area contributed by atoms with Crippen LogP contribution < -0.4 is 15.6 Å². The zero-order valence-electron chi connectivity index (χ0n) is 13.9. The van der Waals surface area contributed by atoms with Gasteiger partial charge < -0.3 is 10.2 Å². The Bertz CT molecular complexity index is 705. The van der Waals surface area contributed by atoms with E-state index in [1.807, 2.05) is 50.5 Å². The summed E-state index contributed by atoms with van der Waals surface area (Å²) in [6.45, 7) is 4.14. The number of nitrogens with zero attached hydrogens (tertiary/aromatic N) is 2. The quantitative estimate of drug-likeness (QED) is 0.511. The number of hydrogen-bond acceptors (Lipinski definition) is 3. The minimum absolute atomic E-state index is 0.472. The number of aryl methyl sites for hydroxylation is 1. The van der Waals surface area contributed by atoms with E-state index in [1.165, 1.54) is 11.1 Å². The van der Waals surface area contributed by atoms with E-state index in [0.29, 0.717) is 5.11 Å². The second kappa shape index (κ2) is 7.74. The van der Waals surface area contributed by atoms with E-state index in [4.69, 9.17) is 12.2 Å². The van der Waals surface area contributed by atoms with Crippen LogP contribution in [-0.2, 0) is 0 Å². The van der Waals surface area contributed by atoms with Crippen molar-refractivity contribution in [3.63, 3.8) is 0 Å². The Hall–Kier alpha value is -2.40. The normalized spacial score (nSPS) is 10.6. The van der Waals surface area contributed by atoms with Crippen LogP contribution in [0.3, 0.4) is 0 Å². The number of hydrogen-bond donors (Lipinski definition) is 2. The average Bonchev–Trinajstić information content (AvgIpc) is 2.52. The maximum absolute atomic E-state index is 5.27. The molecule has 0 aliphatic carbocycles. The van der Waals surface area contributed by atoms with Crippen LogP contribution in [0.4, 0.5) is 11.4 Å². The third-order valence-electron chi connectivity index (χ3n) is 3.64. The van der Waals surface area contributed by atoms with Gasteiger partial charge in [-0.1, -0.05) is 24.3 Å². The first-order valence-electron chi connectivity index (χ1n) is 7.41. The molecule has 120 valence electrons. The van der Waals surface area contributed by atoms with Crippen molar-refractivity contribution in [3.05, 3.63) is 59.2 Å². The van der Waals surface area contributed by atoms with Crippen molar-refractivity contribution in [1.29, 1.82) is 0 Å². The summed E-state index contributed by atoms with van der Waals surface area (Å²) < 4.78 is 0. The molecule has 2 rings (SSSR count). The van der Waals surface area contributed by atoms with Gasteiger partial charge in [-0.15, -0.1) is 0 Å². The molecule has 2 N–H and O–H groups in total.